The van der Waals surface area contributed by atoms with Crippen LogP contribution in [0.4, 0.5) is 0 Å². The van der Waals surface area contributed by atoms with Crippen molar-refractivity contribution in [1.82, 2.24) is 20.1 Å². The lowest BCUT2D eigenvalue weighted by molar-refractivity contribution is 0.0942. The normalized spacial score (nSPS) is 12.2. The number of hydrogen-bond donors (Lipinski definition) is 2. The third kappa shape index (κ3) is 4.62. The minimum absolute atomic E-state index is 0.254. The summed E-state index contributed by atoms with van der Waals surface area (Å²) in [4.78, 5) is 17.3. The largest absolute Gasteiger partial charge is 0.347 e. The van der Waals surface area contributed by atoms with Crippen LogP contribution in [-0.4, -0.2) is 33.3 Å². The third-order valence-electron chi connectivity index (χ3n) is 3.96. The molecule has 27 heavy (non-hydrogen) atoms. The van der Waals surface area contributed by atoms with Crippen molar-refractivity contribution in [2.45, 2.75) is 12.5 Å². The molecule has 3 aromatic rings. The predicted molar refractivity (Wildman–Crippen MR) is 110 cm³/mol. The highest BCUT2D eigenvalue weighted by molar-refractivity contribution is 7.18. The zero-order valence-corrected chi connectivity index (χ0v) is 17.3. The molecule has 0 fully saturated rings. The van der Waals surface area contributed by atoms with Gasteiger partial charge in [-0.3, -0.25) is 4.79 Å². The van der Waals surface area contributed by atoms with Gasteiger partial charge in [0.25, 0.3) is 5.91 Å². The highest BCUT2D eigenvalue weighted by Crippen LogP contribution is 2.34. The van der Waals surface area contributed by atoms with E-state index in [-0.39, 0.29) is 18.5 Å². The summed E-state index contributed by atoms with van der Waals surface area (Å²) in [6, 6.07) is 6.67. The van der Waals surface area contributed by atoms with Crippen molar-refractivity contribution < 1.29 is 4.79 Å². The Balaban J connectivity index is 1.75. The van der Waals surface area contributed by atoms with Gasteiger partial charge in [-0.25, -0.2) is 9.67 Å². The lowest BCUT2D eigenvalue weighted by Crippen LogP contribution is -2.41. The summed E-state index contributed by atoms with van der Waals surface area (Å²) in [6.45, 7) is 0.264. The predicted octanol–water partition coefficient (Wildman–Crippen LogP) is 3.80. The van der Waals surface area contributed by atoms with E-state index in [0.29, 0.717) is 37.1 Å². The van der Waals surface area contributed by atoms with Crippen LogP contribution < -0.4 is 11.1 Å². The van der Waals surface area contributed by atoms with Crippen molar-refractivity contribution >= 4 is 52.0 Å². The molecule has 2 aromatic heterocycles. The molecule has 0 bridgehead atoms. The Hall–Kier alpha value is -1.64. The molecule has 0 radical (unpaired) electrons. The van der Waals surface area contributed by atoms with Crippen LogP contribution >= 0.6 is 46.1 Å². The Bertz CT molecular complexity index is 971. The van der Waals surface area contributed by atoms with E-state index in [1.807, 2.05) is 6.07 Å². The van der Waals surface area contributed by atoms with E-state index in [0.717, 1.165) is 5.56 Å². The van der Waals surface area contributed by atoms with Gasteiger partial charge in [0.05, 0.1) is 4.88 Å². The van der Waals surface area contributed by atoms with Gasteiger partial charge in [-0.05, 0) is 30.2 Å². The number of aromatic nitrogens is 3. The second-order valence-electron chi connectivity index (χ2n) is 5.85. The number of rotatable bonds is 6. The lowest BCUT2D eigenvalue weighted by atomic mass is 10.1. The molecular weight excluding hydrogens is 429 g/mol. The van der Waals surface area contributed by atoms with Gasteiger partial charge in [-0.2, -0.15) is 5.10 Å². The first-order valence-electron chi connectivity index (χ1n) is 7.97. The Labute approximate surface area is 175 Å². The smallest absolute Gasteiger partial charge is 0.261 e. The fourth-order valence-electron chi connectivity index (χ4n) is 2.58. The zero-order chi connectivity index (χ0) is 19.6. The van der Waals surface area contributed by atoms with E-state index in [9.17, 15) is 4.79 Å². The molecule has 1 aromatic carbocycles. The van der Waals surface area contributed by atoms with Gasteiger partial charge in [0.2, 0.25) is 0 Å². The van der Waals surface area contributed by atoms with Crippen LogP contribution in [0, 0.1) is 0 Å². The quantitative estimate of drug-likeness (QED) is 0.605. The maximum absolute atomic E-state index is 12.7. The molecule has 0 saturated heterocycles. The molecule has 3 rings (SSSR count). The summed E-state index contributed by atoms with van der Waals surface area (Å²) in [6.07, 6.45) is 1.93. The number of nitrogens with two attached hydrogens (primary N) is 1. The molecule has 0 aliphatic heterocycles. The molecule has 0 aliphatic carbocycles. The number of carbonyl (C=O) groups is 1. The topological polar surface area (TPSA) is 85.8 Å². The number of thiophene rings is 1. The van der Waals surface area contributed by atoms with Crippen LogP contribution in [0.3, 0.4) is 0 Å². The summed E-state index contributed by atoms with van der Waals surface area (Å²) in [5.74, 6) is 0.342. The summed E-state index contributed by atoms with van der Waals surface area (Å²) in [5, 5.41) is 8.05. The fourth-order valence-corrected chi connectivity index (χ4v) is 4.23. The Morgan fingerprint density at radius 1 is 1.33 bits per heavy atom. The minimum atomic E-state index is -0.282. The number of benzene rings is 1. The molecule has 2 heterocycles. The first-order chi connectivity index (χ1) is 12.9. The van der Waals surface area contributed by atoms with Crippen LogP contribution in [0.2, 0.25) is 14.4 Å². The van der Waals surface area contributed by atoms with Crippen molar-refractivity contribution in [3.63, 3.8) is 0 Å². The molecule has 3 N–H and O–H groups in total. The van der Waals surface area contributed by atoms with E-state index in [1.54, 1.807) is 29.9 Å². The molecule has 1 unspecified atom stereocenters. The molecule has 142 valence electrons. The average Bonchev–Trinajstić information content (AvgIpc) is 3.21. The van der Waals surface area contributed by atoms with Crippen LogP contribution in [0.15, 0.2) is 30.6 Å². The summed E-state index contributed by atoms with van der Waals surface area (Å²) in [5.41, 5.74) is 7.36. The molecule has 0 spiro atoms. The summed E-state index contributed by atoms with van der Waals surface area (Å²) in [7, 11) is 1.76. The van der Waals surface area contributed by atoms with Gasteiger partial charge in [-0.1, -0.05) is 40.9 Å². The Kier molecular flexibility index (Phi) is 6.39. The zero-order valence-electron chi connectivity index (χ0n) is 14.2. The standard InChI is InChI=1S/C17H16Cl3N5OS/c1-25-16(22-8-23-25)12-6-14(27-15(12)20)17(26)24-11(7-21)4-9-2-3-10(18)5-13(9)19/h2-3,5-6,8,11H,4,7,21H2,1H3,(H,24,26). The summed E-state index contributed by atoms with van der Waals surface area (Å²) < 4.78 is 2.07. The van der Waals surface area contributed by atoms with E-state index in [4.69, 9.17) is 40.5 Å². The van der Waals surface area contributed by atoms with Crippen molar-refractivity contribution in [3.8, 4) is 11.4 Å². The van der Waals surface area contributed by atoms with E-state index < -0.39 is 0 Å². The van der Waals surface area contributed by atoms with Gasteiger partial charge in [0, 0.05) is 35.2 Å². The first kappa shape index (κ1) is 20.1. The monoisotopic (exact) mass is 443 g/mol. The van der Waals surface area contributed by atoms with Gasteiger partial charge >= 0.3 is 0 Å². The van der Waals surface area contributed by atoms with Crippen LogP contribution in [-0.2, 0) is 13.5 Å². The van der Waals surface area contributed by atoms with Gasteiger partial charge in [-0.15, -0.1) is 11.3 Å². The first-order valence-corrected chi connectivity index (χ1v) is 9.92. The highest BCUT2D eigenvalue weighted by atomic mass is 35.5. The molecule has 10 heteroatoms. The van der Waals surface area contributed by atoms with Gasteiger partial charge < -0.3 is 11.1 Å². The summed E-state index contributed by atoms with van der Waals surface area (Å²) >= 11 is 19.6. The van der Waals surface area contributed by atoms with Crippen LogP contribution in [0.1, 0.15) is 15.2 Å². The highest BCUT2D eigenvalue weighted by Gasteiger charge is 2.20. The van der Waals surface area contributed by atoms with Crippen molar-refractivity contribution in [2.75, 3.05) is 6.54 Å². The maximum atomic E-state index is 12.7. The van der Waals surface area contributed by atoms with Gasteiger partial charge in [0.15, 0.2) is 5.82 Å². The number of aryl methyl sites for hydroxylation is 1. The minimum Gasteiger partial charge on any atom is -0.347 e. The van der Waals surface area contributed by atoms with Crippen molar-refractivity contribution in [3.05, 3.63) is 55.4 Å². The molecule has 6 nitrogen and oxygen atoms in total. The number of nitrogens with one attached hydrogen (secondary N) is 1. The Morgan fingerprint density at radius 3 is 2.74 bits per heavy atom. The number of carbonyl (C=O) groups excluding carboxylic acids is 1. The lowest BCUT2D eigenvalue weighted by Gasteiger charge is -2.17. The van der Waals surface area contributed by atoms with Crippen LogP contribution in [0.5, 0.6) is 0 Å². The maximum Gasteiger partial charge on any atom is 0.261 e. The van der Waals surface area contributed by atoms with E-state index >= 15 is 0 Å². The SMILES string of the molecule is Cn1ncnc1-c1cc(C(=O)NC(CN)Cc2ccc(Cl)cc2Cl)sc1Cl. The second-order valence-corrected chi connectivity index (χ2v) is 8.35. The van der Waals surface area contributed by atoms with Crippen molar-refractivity contribution in [1.29, 1.82) is 0 Å². The van der Waals surface area contributed by atoms with Crippen LogP contribution in [0.25, 0.3) is 11.4 Å². The van der Waals surface area contributed by atoms with Gasteiger partial charge in [0.1, 0.15) is 10.7 Å². The van der Waals surface area contributed by atoms with E-state index in [1.165, 1.54) is 17.7 Å². The number of halogens is 3. The molecule has 0 aliphatic rings. The average molecular weight is 445 g/mol. The van der Waals surface area contributed by atoms with E-state index in [2.05, 4.69) is 15.4 Å². The molecule has 1 atom stereocenters. The Morgan fingerprint density at radius 2 is 2.11 bits per heavy atom. The molecular formula is C17H16Cl3N5OS. The third-order valence-corrected chi connectivity index (χ3v) is 5.91. The number of amides is 1. The number of hydrogen-bond acceptors (Lipinski definition) is 5. The second kappa shape index (κ2) is 8.58. The molecule has 0 saturated carbocycles. The fraction of sp³-hybridized carbons (Fsp3) is 0.235. The van der Waals surface area contributed by atoms with Crippen molar-refractivity contribution in [2.24, 2.45) is 12.8 Å². The molecule has 1 amide bonds. The number of nitrogens with zero attached hydrogens (tertiary/aromatic N) is 3.